The standard InChI is InChI=1S/C49H72N2O8/c1-30(2)33-18-23-49(42(56)51-29-31-13-12-14-32(27-31)41(55)50-26-11-10-15-38(52)53)25-24-47(8)34(40(33)49)16-17-36-46(7)21-20-37(59-39(54)28-44(3,4)43(57)58)45(5,6)35(46)19-22-48(36,47)9/h12-14,27,33-37,40H,1,10-11,15-26,28-29H2,2-9H3,(H,50,55)(H,51,56)(H,52,53)(H,57,58)/t33-,34+,35-,36+,37-,40+,46-,47+,48+,49-/m0/s1. The molecule has 5 saturated carbocycles. The summed E-state index contributed by atoms with van der Waals surface area (Å²) in [6.45, 7) is 22.8. The highest BCUT2D eigenvalue weighted by Gasteiger charge is 2.72. The Labute approximate surface area is 352 Å². The van der Waals surface area contributed by atoms with Gasteiger partial charge in [-0.05, 0) is 161 Å². The van der Waals surface area contributed by atoms with Gasteiger partial charge in [0, 0.05) is 30.5 Å². The first-order chi connectivity index (χ1) is 27.5. The molecule has 0 heterocycles. The van der Waals surface area contributed by atoms with E-state index >= 15 is 0 Å². The van der Waals surface area contributed by atoms with Crippen molar-refractivity contribution in [1.29, 1.82) is 0 Å². The number of unbranched alkanes of at least 4 members (excludes halogenated alkanes) is 1. The van der Waals surface area contributed by atoms with Gasteiger partial charge in [-0.2, -0.15) is 0 Å². The normalized spacial score (nSPS) is 35.8. The van der Waals surface area contributed by atoms with Crippen LogP contribution in [0.4, 0.5) is 0 Å². The predicted molar refractivity (Wildman–Crippen MR) is 227 cm³/mol. The zero-order chi connectivity index (χ0) is 43.3. The third-order valence-corrected chi connectivity index (χ3v) is 17.6. The largest absolute Gasteiger partial charge is 0.481 e. The van der Waals surface area contributed by atoms with E-state index in [0.29, 0.717) is 49.2 Å². The molecule has 10 atom stereocenters. The quantitative estimate of drug-likeness (QED) is 0.0822. The summed E-state index contributed by atoms with van der Waals surface area (Å²) >= 11 is 0. The monoisotopic (exact) mass is 817 g/mol. The minimum absolute atomic E-state index is 0.0432. The second-order valence-corrected chi connectivity index (χ2v) is 21.5. The maximum Gasteiger partial charge on any atom is 0.309 e. The van der Waals surface area contributed by atoms with Gasteiger partial charge >= 0.3 is 17.9 Å². The van der Waals surface area contributed by atoms with Gasteiger partial charge in [0.2, 0.25) is 5.91 Å². The molecule has 2 amide bonds. The Morgan fingerprint density at radius 2 is 1.58 bits per heavy atom. The molecule has 326 valence electrons. The molecular formula is C49H72N2O8. The molecular weight excluding hydrogens is 745 g/mol. The van der Waals surface area contributed by atoms with Crippen molar-refractivity contribution in [3.8, 4) is 0 Å². The van der Waals surface area contributed by atoms with Crippen molar-refractivity contribution in [2.75, 3.05) is 6.54 Å². The minimum Gasteiger partial charge on any atom is -0.481 e. The van der Waals surface area contributed by atoms with E-state index in [1.165, 1.54) is 5.57 Å². The van der Waals surface area contributed by atoms with Crippen LogP contribution in [0, 0.1) is 62.1 Å². The van der Waals surface area contributed by atoms with Crippen molar-refractivity contribution in [2.24, 2.45) is 62.1 Å². The smallest absolute Gasteiger partial charge is 0.309 e. The van der Waals surface area contributed by atoms with Crippen molar-refractivity contribution in [2.45, 2.75) is 158 Å². The summed E-state index contributed by atoms with van der Waals surface area (Å²) in [5, 5.41) is 24.8. The Balaban J connectivity index is 1.17. The maximum absolute atomic E-state index is 14.8. The highest BCUT2D eigenvalue weighted by atomic mass is 16.5. The van der Waals surface area contributed by atoms with E-state index in [1.54, 1.807) is 19.9 Å². The van der Waals surface area contributed by atoms with Crippen LogP contribution >= 0.6 is 0 Å². The molecule has 5 aliphatic carbocycles. The number of aliphatic carboxylic acids is 2. The SMILES string of the molecule is C=C(C)[C@@H]1CC[C@]2(C(=O)NCc3cccc(C(=O)NCCCCC(=O)O)c3)CC[C@]3(C)[C@H](CC[C@@H]4[C@@]5(C)CC[C@H](OC(=O)CC(C)(C)C(=O)O)C(C)(C)[C@@H]5CC[C@]43C)[C@@H]12. The Morgan fingerprint density at radius 3 is 2.25 bits per heavy atom. The molecule has 0 saturated heterocycles. The summed E-state index contributed by atoms with van der Waals surface area (Å²) in [6, 6.07) is 7.39. The summed E-state index contributed by atoms with van der Waals surface area (Å²) in [7, 11) is 0. The van der Waals surface area contributed by atoms with Gasteiger partial charge < -0.3 is 25.6 Å². The van der Waals surface area contributed by atoms with E-state index in [9.17, 15) is 29.1 Å². The van der Waals surface area contributed by atoms with Crippen molar-refractivity contribution in [3.63, 3.8) is 0 Å². The minimum atomic E-state index is -1.18. The van der Waals surface area contributed by atoms with Crippen LogP contribution in [0.5, 0.6) is 0 Å². The lowest BCUT2D eigenvalue weighted by Crippen LogP contribution is -2.67. The van der Waals surface area contributed by atoms with Crippen LogP contribution in [0.1, 0.15) is 161 Å². The Kier molecular flexibility index (Phi) is 12.4. The number of carboxylic acids is 2. The maximum atomic E-state index is 14.8. The molecule has 5 aliphatic rings. The van der Waals surface area contributed by atoms with Crippen molar-refractivity contribution < 1.29 is 38.9 Å². The van der Waals surface area contributed by atoms with E-state index in [-0.39, 0.29) is 64.3 Å². The summed E-state index contributed by atoms with van der Waals surface area (Å²) in [6.07, 6.45) is 10.6. The first-order valence-electron chi connectivity index (χ1n) is 22.5. The van der Waals surface area contributed by atoms with Crippen LogP contribution in [0.3, 0.4) is 0 Å². The average molecular weight is 817 g/mol. The van der Waals surface area contributed by atoms with Crippen LogP contribution in [0.2, 0.25) is 0 Å². The molecule has 1 aromatic rings. The van der Waals surface area contributed by atoms with Gasteiger partial charge in [-0.1, -0.05) is 58.9 Å². The molecule has 0 radical (unpaired) electrons. The van der Waals surface area contributed by atoms with Gasteiger partial charge in [0.15, 0.2) is 0 Å². The highest BCUT2D eigenvalue weighted by Crippen LogP contribution is 2.77. The second-order valence-electron chi connectivity index (χ2n) is 21.5. The number of carbonyl (C=O) groups excluding carboxylic acids is 3. The summed E-state index contributed by atoms with van der Waals surface area (Å²) < 4.78 is 6.18. The fourth-order valence-electron chi connectivity index (χ4n) is 14.2. The molecule has 0 spiro atoms. The zero-order valence-electron chi connectivity index (χ0n) is 37.1. The van der Waals surface area contributed by atoms with Gasteiger partial charge in [-0.3, -0.25) is 24.0 Å². The number of amides is 2. The molecule has 10 nitrogen and oxygen atoms in total. The number of esters is 1. The molecule has 0 aliphatic heterocycles. The molecule has 4 N–H and O–H groups in total. The zero-order valence-corrected chi connectivity index (χ0v) is 37.1. The molecule has 59 heavy (non-hydrogen) atoms. The van der Waals surface area contributed by atoms with E-state index in [4.69, 9.17) is 9.84 Å². The van der Waals surface area contributed by atoms with Gasteiger partial charge in [-0.15, -0.1) is 0 Å². The first kappa shape index (κ1) is 44.9. The first-order valence-corrected chi connectivity index (χ1v) is 22.5. The number of rotatable bonds is 14. The third-order valence-electron chi connectivity index (χ3n) is 17.6. The average Bonchev–Trinajstić information content (AvgIpc) is 3.56. The van der Waals surface area contributed by atoms with Gasteiger partial charge in [0.1, 0.15) is 6.10 Å². The Bertz CT molecular complexity index is 1840. The van der Waals surface area contributed by atoms with Gasteiger partial charge in [0.25, 0.3) is 5.91 Å². The number of fused-ring (bicyclic) bond motifs is 7. The lowest BCUT2D eigenvalue weighted by atomic mass is 9.32. The Hall–Kier alpha value is -3.69. The molecule has 0 bridgehead atoms. The lowest BCUT2D eigenvalue weighted by Gasteiger charge is -2.72. The molecule has 0 unspecified atom stereocenters. The van der Waals surface area contributed by atoms with Gasteiger partial charge in [-0.25, -0.2) is 0 Å². The summed E-state index contributed by atoms with van der Waals surface area (Å²) in [5.41, 5.74) is 0.860. The topological polar surface area (TPSA) is 159 Å². The van der Waals surface area contributed by atoms with Crippen molar-refractivity contribution >= 4 is 29.7 Å². The number of hydrogen-bond donors (Lipinski definition) is 4. The number of hydrogen-bond acceptors (Lipinski definition) is 6. The van der Waals surface area contributed by atoms with Crippen LogP contribution in [-0.4, -0.2) is 52.6 Å². The number of benzene rings is 1. The lowest BCUT2D eigenvalue weighted by molar-refractivity contribution is -0.249. The second kappa shape index (κ2) is 16.3. The van der Waals surface area contributed by atoms with Crippen LogP contribution < -0.4 is 10.6 Å². The van der Waals surface area contributed by atoms with Crippen LogP contribution in [0.25, 0.3) is 0 Å². The fraction of sp³-hybridized carbons (Fsp3) is 0.735. The molecule has 5 fully saturated rings. The number of carbonyl (C=O) groups is 5. The molecule has 1 aromatic carbocycles. The van der Waals surface area contributed by atoms with Crippen LogP contribution in [0.15, 0.2) is 36.4 Å². The van der Waals surface area contributed by atoms with Crippen LogP contribution in [-0.2, 0) is 30.5 Å². The van der Waals surface area contributed by atoms with E-state index in [1.807, 2.05) is 18.2 Å². The summed E-state index contributed by atoms with van der Waals surface area (Å²) in [4.78, 5) is 63.4. The van der Waals surface area contributed by atoms with Crippen molar-refractivity contribution in [3.05, 3.63) is 47.5 Å². The fourth-order valence-corrected chi connectivity index (χ4v) is 14.2. The third kappa shape index (κ3) is 7.88. The number of carboxylic acid groups (broad SMARTS) is 2. The predicted octanol–water partition coefficient (Wildman–Crippen LogP) is 9.36. The van der Waals surface area contributed by atoms with E-state index in [0.717, 1.165) is 69.8 Å². The summed E-state index contributed by atoms with van der Waals surface area (Å²) in [5.74, 6) is -0.590. The van der Waals surface area contributed by atoms with Gasteiger partial charge in [0.05, 0.1) is 17.3 Å². The molecule has 10 heteroatoms. The number of allylic oxidation sites excluding steroid dienone is 1. The van der Waals surface area contributed by atoms with Crippen molar-refractivity contribution in [1.82, 2.24) is 10.6 Å². The Morgan fingerprint density at radius 1 is 0.847 bits per heavy atom. The highest BCUT2D eigenvalue weighted by molar-refractivity contribution is 5.94. The number of ether oxygens (including phenoxy) is 1. The molecule has 6 rings (SSSR count). The van der Waals surface area contributed by atoms with E-state index in [2.05, 4.69) is 58.8 Å². The number of nitrogens with one attached hydrogen (secondary N) is 2. The molecule has 0 aromatic heterocycles. The van der Waals surface area contributed by atoms with E-state index < -0.39 is 28.7 Å².